The van der Waals surface area contributed by atoms with E-state index in [1.54, 1.807) is 19.2 Å². The lowest BCUT2D eigenvalue weighted by molar-refractivity contribution is 0.343. The SMILES string of the molecule is COc1ccc(F)cc1CCNC1CCC(N)CC1. The van der Waals surface area contributed by atoms with E-state index >= 15 is 0 Å². The van der Waals surface area contributed by atoms with Crippen molar-refractivity contribution in [3.63, 3.8) is 0 Å². The minimum Gasteiger partial charge on any atom is -0.496 e. The van der Waals surface area contributed by atoms with Crippen molar-refractivity contribution in [2.45, 2.75) is 44.2 Å². The Bertz CT molecular complexity index is 403. The first-order valence-electron chi connectivity index (χ1n) is 7.00. The second-order valence-electron chi connectivity index (χ2n) is 5.27. The Hall–Kier alpha value is -1.13. The molecule has 0 spiro atoms. The van der Waals surface area contributed by atoms with Crippen molar-refractivity contribution in [1.82, 2.24) is 5.32 Å². The van der Waals surface area contributed by atoms with Crippen LogP contribution in [-0.4, -0.2) is 25.7 Å². The number of ether oxygens (including phenoxy) is 1. The van der Waals surface area contributed by atoms with Crippen molar-refractivity contribution in [3.8, 4) is 5.75 Å². The summed E-state index contributed by atoms with van der Waals surface area (Å²) in [5, 5.41) is 3.53. The second-order valence-corrected chi connectivity index (χ2v) is 5.27. The van der Waals surface area contributed by atoms with Crippen LogP contribution in [0.15, 0.2) is 18.2 Å². The van der Waals surface area contributed by atoms with Crippen molar-refractivity contribution in [2.75, 3.05) is 13.7 Å². The van der Waals surface area contributed by atoms with E-state index in [2.05, 4.69) is 5.32 Å². The summed E-state index contributed by atoms with van der Waals surface area (Å²) in [7, 11) is 1.62. The summed E-state index contributed by atoms with van der Waals surface area (Å²) in [4.78, 5) is 0. The van der Waals surface area contributed by atoms with Crippen molar-refractivity contribution >= 4 is 0 Å². The predicted molar refractivity (Wildman–Crippen MR) is 74.9 cm³/mol. The van der Waals surface area contributed by atoms with E-state index in [0.29, 0.717) is 12.1 Å². The molecule has 1 fully saturated rings. The Morgan fingerprint density at radius 1 is 1.32 bits per heavy atom. The number of methoxy groups -OCH3 is 1. The highest BCUT2D eigenvalue weighted by Crippen LogP contribution is 2.20. The summed E-state index contributed by atoms with van der Waals surface area (Å²) in [5.74, 6) is 0.549. The monoisotopic (exact) mass is 266 g/mol. The third-order valence-electron chi connectivity index (χ3n) is 3.84. The lowest BCUT2D eigenvalue weighted by atomic mass is 9.92. The van der Waals surface area contributed by atoms with E-state index in [0.717, 1.165) is 50.0 Å². The van der Waals surface area contributed by atoms with E-state index in [1.165, 1.54) is 6.07 Å². The van der Waals surface area contributed by atoms with Gasteiger partial charge in [-0.3, -0.25) is 0 Å². The van der Waals surface area contributed by atoms with Crippen LogP contribution in [0.3, 0.4) is 0 Å². The second kappa shape index (κ2) is 6.87. The molecule has 0 unspecified atom stereocenters. The molecule has 3 N–H and O–H groups in total. The van der Waals surface area contributed by atoms with Gasteiger partial charge in [0.2, 0.25) is 0 Å². The maximum Gasteiger partial charge on any atom is 0.123 e. The highest BCUT2D eigenvalue weighted by molar-refractivity contribution is 5.34. The molecule has 1 aromatic carbocycles. The van der Waals surface area contributed by atoms with Gasteiger partial charge in [0.25, 0.3) is 0 Å². The molecule has 1 saturated carbocycles. The quantitative estimate of drug-likeness (QED) is 0.859. The zero-order chi connectivity index (χ0) is 13.7. The predicted octanol–water partition coefficient (Wildman–Crippen LogP) is 2.24. The molecule has 1 aliphatic carbocycles. The molecule has 2 rings (SSSR count). The van der Waals surface area contributed by atoms with Gasteiger partial charge in [-0.25, -0.2) is 4.39 Å². The van der Waals surface area contributed by atoms with Crippen molar-refractivity contribution in [3.05, 3.63) is 29.6 Å². The van der Waals surface area contributed by atoms with Crippen LogP contribution in [0.25, 0.3) is 0 Å². The number of hydrogen-bond acceptors (Lipinski definition) is 3. The molecule has 4 heteroatoms. The molecule has 0 amide bonds. The number of hydrogen-bond donors (Lipinski definition) is 2. The zero-order valence-corrected chi connectivity index (χ0v) is 11.5. The Morgan fingerprint density at radius 3 is 2.74 bits per heavy atom. The van der Waals surface area contributed by atoms with Crippen molar-refractivity contribution in [2.24, 2.45) is 5.73 Å². The highest BCUT2D eigenvalue weighted by atomic mass is 19.1. The van der Waals surface area contributed by atoms with Gasteiger partial charge in [-0.15, -0.1) is 0 Å². The molecule has 0 bridgehead atoms. The Balaban J connectivity index is 1.80. The Labute approximate surface area is 114 Å². The van der Waals surface area contributed by atoms with Gasteiger partial charge in [-0.2, -0.15) is 0 Å². The topological polar surface area (TPSA) is 47.3 Å². The van der Waals surface area contributed by atoms with Gasteiger partial charge in [-0.1, -0.05) is 0 Å². The van der Waals surface area contributed by atoms with Crippen LogP contribution in [-0.2, 0) is 6.42 Å². The first-order valence-corrected chi connectivity index (χ1v) is 7.00. The van der Waals surface area contributed by atoms with Crippen molar-refractivity contribution < 1.29 is 9.13 Å². The summed E-state index contributed by atoms with van der Waals surface area (Å²) in [6, 6.07) is 5.60. The molecule has 3 nitrogen and oxygen atoms in total. The third kappa shape index (κ3) is 4.18. The fraction of sp³-hybridized carbons (Fsp3) is 0.600. The zero-order valence-electron chi connectivity index (χ0n) is 11.5. The average molecular weight is 266 g/mol. The fourth-order valence-electron chi connectivity index (χ4n) is 2.68. The molecule has 0 saturated heterocycles. The first kappa shape index (κ1) is 14.3. The average Bonchev–Trinajstić information content (AvgIpc) is 2.41. The Kier molecular flexibility index (Phi) is 5.16. The van der Waals surface area contributed by atoms with Gasteiger partial charge in [-0.05, 0) is 62.4 Å². The molecule has 0 radical (unpaired) electrons. The van der Waals surface area contributed by atoms with Crippen molar-refractivity contribution in [1.29, 1.82) is 0 Å². The van der Waals surface area contributed by atoms with E-state index in [9.17, 15) is 4.39 Å². The molecule has 0 atom stereocenters. The maximum absolute atomic E-state index is 13.2. The van der Waals surface area contributed by atoms with E-state index in [1.807, 2.05) is 0 Å². The Morgan fingerprint density at radius 2 is 2.05 bits per heavy atom. The molecule has 1 aliphatic rings. The van der Waals surface area contributed by atoms with Crippen LogP contribution in [0.2, 0.25) is 0 Å². The van der Waals surface area contributed by atoms with Crippen LogP contribution in [0.5, 0.6) is 5.75 Å². The van der Waals surface area contributed by atoms with Gasteiger partial charge in [0.15, 0.2) is 0 Å². The smallest absolute Gasteiger partial charge is 0.123 e. The number of benzene rings is 1. The van der Waals surface area contributed by atoms with Gasteiger partial charge >= 0.3 is 0 Å². The largest absolute Gasteiger partial charge is 0.496 e. The van der Waals surface area contributed by atoms with Crippen LogP contribution in [0.1, 0.15) is 31.2 Å². The summed E-state index contributed by atoms with van der Waals surface area (Å²) in [6.07, 6.45) is 5.26. The maximum atomic E-state index is 13.2. The molecule has 0 aliphatic heterocycles. The first-order chi connectivity index (χ1) is 9.19. The molecule has 0 aromatic heterocycles. The summed E-state index contributed by atoms with van der Waals surface area (Å²) < 4.78 is 18.5. The minimum absolute atomic E-state index is 0.209. The summed E-state index contributed by atoms with van der Waals surface area (Å²) in [6.45, 7) is 0.847. The lowest BCUT2D eigenvalue weighted by Gasteiger charge is -2.27. The van der Waals surface area contributed by atoms with E-state index in [4.69, 9.17) is 10.5 Å². The molecule has 1 aromatic rings. The summed E-state index contributed by atoms with van der Waals surface area (Å²) >= 11 is 0. The number of rotatable bonds is 5. The lowest BCUT2D eigenvalue weighted by Crippen LogP contribution is -2.38. The number of nitrogens with one attached hydrogen (secondary N) is 1. The standard InChI is InChI=1S/C15H23FN2O/c1-19-15-7-2-12(16)10-11(15)8-9-18-14-5-3-13(17)4-6-14/h2,7,10,13-14,18H,3-6,8-9,17H2,1H3. The van der Waals surface area contributed by atoms with Crippen LogP contribution in [0, 0.1) is 5.82 Å². The normalized spacial score (nSPS) is 23.3. The van der Waals surface area contributed by atoms with Gasteiger partial charge in [0.05, 0.1) is 7.11 Å². The van der Waals surface area contributed by atoms with E-state index < -0.39 is 0 Å². The molecular formula is C15H23FN2O. The van der Waals surface area contributed by atoms with Gasteiger partial charge in [0.1, 0.15) is 11.6 Å². The fourth-order valence-corrected chi connectivity index (χ4v) is 2.68. The van der Waals surface area contributed by atoms with E-state index in [-0.39, 0.29) is 5.82 Å². The molecule has 106 valence electrons. The highest BCUT2D eigenvalue weighted by Gasteiger charge is 2.17. The molecule has 19 heavy (non-hydrogen) atoms. The number of nitrogens with two attached hydrogens (primary N) is 1. The van der Waals surface area contributed by atoms with Gasteiger partial charge in [0, 0.05) is 12.1 Å². The minimum atomic E-state index is -0.209. The third-order valence-corrected chi connectivity index (χ3v) is 3.84. The van der Waals surface area contributed by atoms with Crippen LogP contribution in [0.4, 0.5) is 4.39 Å². The number of halogens is 1. The van der Waals surface area contributed by atoms with Crippen LogP contribution < -0.4 is 15.8 Å². The van der Waals surface area contributed by atoms with Crippen LogP contribution >= 0.6 is 0 Å². The van der Waals surface area contributed by atoms with Gasteiger partial charge < -0.3 is 15.8 Å². The molecular weight excluding hydrogens is 243 g/mol. The summed E-state index contributed by atoms with van der Waals surface area (Å²) in [5.41, 5.74) is 6.80. The molecule has 0 heterocycles.